The van der Waals surface area contributed by atoms with Gasteiger partial charge in [-0.2, -0.15) is 0 Å². The summed E-state index contributed by atoms with van der Waals surface area (Å²) in [6, 6.07) is 0. The van der Waals surface area contributed by atoms with Crippen LogP contribution in [0.5, 0.6) is 0 Å². The van der Waals surface area contributed by atoms with E-state index >= 15 is 0 Å². The third-order valence-electron chi connectivity index (χ3n) is 4.32. The van der Waals surface area contributed by atoms with E-state index in [0.29, 0.717) is 6.10 Å². The molecular formula is C17H26O3. The topological polar surface area (TPSA) is 38.8 Å². The molecule has 1 aliphatic carbocycles. The van der Waals surface area contributed by atoms with Crippen LogP contribution in [0, 0.1) is 5.41 Å². The first-order valence-corrected chi connectivity index (χ1v) is 7.43. The SMILES string of the molecule is CC(=O)O[C@H]1/C=C\C(C)(C)C[C@H]2O[C@]2(C)CC/C=C\1C. The Labute approximate surface area is 122 Å². The molecule has 0 saturated carbocycles. The molecule has 0 radical (unpaired) electrons. The van der Waals surface area contributed by atoms with Crippen LogP contribution in [-0.2, 0) is 14.3 Å². The Hall–Kier alpha value is -1.09. The molecule has 0 amide bonds. The largest absolute Gasteiger partial charge is 0.454 e. The summed E-state index contributed by atoms with van der Waals surface area (Å²) in [6.45, 7) is 10.1. The number of ether oxygens (including phenoxy) is 2. The zero-order valence-electron chi connectivity index (χ0n) is 13.2. The van der Waals surface area contributed by atoms with E-state index in [0.717, 1.165) is 24.8 Å². The summed E-state index contributed by atoms with van der Waals surface area (Å²) >= 11 is 0. The van der Waals surface area contributed by atoms with E-state index in [1.54, 1.807) is 0 Å². The molecule has 20 heavy (non-hydrogen) atoms. The van der Waals surface area contributed by atoms with E-state index in [9.17, 15) is 4.79 Å². The second kappa shape index (κ2) is 5.36. The Morgan fingerprint density at radius 2 is 2.10 bits per heavy atom. The summed E-state index contributed by atoms with van der Waals surface area (Å²) < 4.78 is 11.3. The Balaban J connectivity index is 2.21. The molecule has 112 valence electrons. The quantitative estimate of drug-likeness (QED) is 0.416. The molecule has 2 aliphatic rings. The summed E-state index contributed by atoms with van der Waals surface area (Å²) in [5, 5.41) is 0. The number of carbonyl (C=O) groups excluding carboxylic acids is 1. The van der Waals surface area contributed by atoms with Gasteiger partial charge >= 0.3 is 5.97 Å². The van der Waals surface area contributed by atoms with Gasteiger partial charge in [-0.15, -0.1) is 0 Å². The minimum absolute atomic E-state index is 0.0309. The van der Waals surface area contributed by atoms with Crippen molar-refractivity contribution in [1.82, 2.24) is 0 Å². The van der Waals surface area contributed by atoms with Crippen molar-refractivity contribution in [2.75, 3.05) is 0 Å². The van der Waals surface area contributed by atoms with Gasteiger partial charge in [0.05, 0.1) is 11.7 Å². The highest BCUT2D eigenvalue weighted by Gasteiger charge is 2.52. The van der Waals surface area contributed by atoms with Crippen LogP contribution < -0.4 is 0 Å². The number of epoxide rings is 1. The zero-order chi connectivity index (χ0) is 15.0. The lowest BCUT2D eigenvalue weighted by molar-refractivity contribution is -0.142. The Morgan fingerprint density at radius 3 is 2.75 bits per heavy atom. The molecule has 0 aromatic rings. The molecule has 0 aromatic heterocycles. The van der Waals surface area contributed by atoms with E-state index in [4.69, 9.17) is 9.47 Å². The molecule has 3 atom stereocenters. The molecule has 2 rings (SSSR count). The van der Waals surface area contributed by atoms with Gasteiger partial charge in [0.25, 0.3) is 0 Å². The highest BCUT2D eigenvalue weighted by atomic mass is 16.6. The molecule has 3 heteroatoms. The molecule has 0 spiro atoms. The molecule has 0 aromatic carbocycles. The van der Waals surface area contributed by atoms with Crippen molar-refractivity contribution < 1.29 is 14.3 Å². The highest BCUT2D eigenvalue weighted by molar-refractivity contribution is 5.66. The van der Waals surface area contributed by atoms with Gasteiger partial charge < -0.3 is 9.47 Å². The molecule has 0 bridgehead atoms. The van der Waals surface area contributed by atoms with Crippen molar-refractivity contribution in [2.24, 2.45) is 5.41 Å². The second-order valence-electron chi connectivity index (χ2n) is 6.99. The number of carbonyl (C=O) groups is 1. The first-order chi connectivity index (χ1) is 9.22. The second-order valence-corrected chi connectivity index (χ2v) is 6.99. The van der Waals surface area contributed by atoms with Gasteiger partial charge in [0.1, 0.15) is 6.10 Å². The smallest absolute Gasteiger partial charge is 0.303 e. The van der Waals surface area contributed by atoms with Gasteiger partial charge in [-0.3, -0.25) is 4.79 Å². The van der Waals surface area contributed by atoms with Crippen LogP contribution in [0.25, 0.3) is 0 Å². The first-order valence-electron chi connectivity index (χ1n) is 7.43. The average Bonchev–Trinajstić information content (AvgIpc) is 2.92. The van der Waals surface area contributed by atoms with E-state index < -0.39 is 0 Å². The minimum atomic E-state index is -0.241. The normalized spacial score (nSPS) is 40.5. The molecule has 1 heterocycles. The maximum absolute atomic E-state index is 11.2. The van der Waals surface area contributed by atoms with Gasteiger partial charge in [0, 0.05) is 6.92 Å². The van der Waals surface area contributed by atoms with E-state index in [1.807, 2.05) is 13.0 Å². The lowest BCUT2D eigenvalue weighted by Crippen LogP contribution is -2.18. The summed E-state index contributed by atoms with van der Waals surface area (Å²) in [4.78, 5) is 11.2. The summed E-state index contributed by atoms with van der Waals surface area (Å²) in [5.74, 6) is -0.238. The Morgan fingerprint density at radius 1 is 1.40 bits per heavy atom. The number of hydrogen-bond donors (Lipinski definition) is 0. The minimum Gasteiger partial charge on any atom is -0.454 e. The molecular weight excluding hydrogens is 252 g/mol. The predicted octanol–water partition coefficient (Wildman–Crippen LogP) is 3.79. The van der Waals surface area contributed by atoms with Crippen LogP contribution in [-0.4, -0.2) is 23.8 Å². The lowest BCUT2D eigenvalue weighted by atomic mass is 9.83. The monoisotopic (exact) mass is 278 g/mol. The summed E-state index contributed by atoms with van der Waals surface area (Å²) in [6.07, 6.45) is 9.44. The van der Waals surface area contributed by atoms with Gasteiger partial charge in [-0.05, 0) is 50.2 Å². The van der Waals surface area contributed by atoms with Crippen LogP contribution in [0.3, 0.4) is 0 Å². The van der Waals surface area contributed by atoms with Gasteiger partial charge in [0.15, 0.2) is 0 Å². The van der Waals surface area contributed by atoms with Gasteiger partial charge in [-0.25, -0.2) is 0 Å². The van der Waals surface area contributed by atoms with Gasteiger partial charge in [0.2, 0.25) is 0 Å². The molecule has 1 aliphatic heterocycles. The van der Waals surface area contributed by atoms with Crippen LogP contribution in [0.2, 0.25) is 0 Å². The fourth-order valence-corrected chi connectivity index (χ4v) is 2.83. The van der Waals surface area contributed by atoms with E-state index in [2.05, 4.69) is 32.9 Å². The van der Waals surface area contributed by atoms with E-state index in [1.165, 1.54) is 6.92 Å². The standard InChI is InChI=1S/C17H26O3/c1-12-7-6-9-17(5)15(20-17)11-16(3,4)10-8-14(12)19-13(2)18/h7-8,10,14-15H,6,9,11H2,1-5H3/b10-8-,12-7-/t14-,15+,17+/m0/s1. The molecule has 0 N–H and O–H groups in total. The maximum Gasteiger partial charge on any atom is 0.303 e. The number of rotatable bonds is 1. The number of allylic oxidation sites excluding steroid dienone is 2. The number of esters is 1. The van der Waals surface area contributed by atoms with Crippen molar-refractivity contribution in [3.63, 3.8) is 0 Å². The van der Waals surface area contributed by atoms with Crippen LogP contribution in [0.15, 0.2) is 23.8 Å². The Bertz CT molecular complexity index is 447. The van der Waals surface area contributed by atoms with Crippen molar-refractivity contribution in [3.05, 3.63) is 23.8 Å². The summed E-state index contributed by atoms with van der Waals surface area (Å²) in [7, 11) is 0. The van der Waals surface area contributed by atoms with Crippen molar-refractivity contribution in [3.8, 4) is 0 Å². The predicted molar refractivity (Wildman–Crippen MR) is 79.4 cm³/mol. The maximum atomic E-state index is 11.2. The van der Waals surface area contributed by atoms with Crippen molar-refractivity contribution >= 4 is 5.97 Å². The molecule has 3 nitrogen and oxygen atoms in total. The van der Waals surface area contributed by atoms with Gasteiger partial charge in [-0.1, -0.05) is 26.0 Å². The fourth-order valence-electron chi connectivity index (χ4n) is 2.83. The first kappa shape index (κ1) is 15.3. The van der Waals surface area contributed by atoms with Crippen LogP contribution in [0.4, 0.5) is 0 Å². The zero-order valence-corrected chi connectivity index (χ0v) is 13.2. The van der Waals surface area contributed by atoms with Crippen molar-refractivity contribution in [2.45, 2.75) is 71.7 Å². The third-order valence-corrected chi connectivity index (χ3v) is 4.32. The molecule has 0 unspecified atom stereocenters. The average molecular weight is 278 g/mol. The third kappa shape index (κ3) is 3.72. The number of hydrogen-bond acceptors (Lipinski definition) is 3. The highest BCUT2D eigenvalue weighted by Crippen LogP contribution is 2.47. The fraction of sp³-hybridized carbons (Fsp3) is 0.706. The van der Waals surface area contributed by atoms with Crippen LogP contribution >= 0.6 is 0 Å². The molecule has 1 saturated heterocycles. The molecule has 1 fully saturated rings. The lowest BCUT2D eigenvalue weighted by Gasteiger charge is -2.21. The van der Waals surface area contributed by atoms with Crippen molar-refractivity contribution in [1.29, 1.82) is 0 Å². The Kier molecular flexibility index (Phi) is 4.10. The number of fused-ring (bicyclic) bond motifs is 1. The van der Waals surface area contributed by atoms with Crippen LogP contribution in [0.1, 0.15) is 53.9 Å². The van der Waals surface area contributed by atoms with E-state index in [-0.39, 0.29) is 23.1 Å². The summed E-state index contributed by atoms with van der Waals surface area (Å²) in [5.41, 5.74) is 1.17.